The van der Waals surface area contributed by atoms with Crippen LogP contribution in [0.2, 0.25) is 0 Å². The summed E-state index contributed by atoms with van der Waals surface area (Å²) in [5.74, 6) is 0.643. The molecule has 2 aromatic heterocycles. The number of anilines is 3. The number of rotatable bonds is 7. The predicted molar refractivity (Wildman–Crippen MR) is 153 cm³/mol. The number of fused-ring (bicyclic) bond motifs is 2. The molecule has 3 aliphatic rings. The van der Waals surface area contributed by atoms with Crippen LogP contribution >= 0.6 is 0 Å². The van der Waals surface area contributed by atoms with E-state index < -0.39 is 0 Å². The lowest BCUT2D eigenvalue weighted by atomic mass is 9.96. The van der Waals surface area contributed by atoms with E-state index in [9.17, 15) is 19.8 Å². The van der Waals surface area contributed by atoms with Gasteiger partial charge in [0.1, 0.15) is 11.4 Å². The van der Waals surface area contributed by atoms with Crippen LogP contribution in [0.3, 0.4) is 0 Å². The first kappa shape index (κ1) is 26.1. The second kappa shape index (κ2) is 10.4. The fraction of sp³-hybridized carbons (Fsp3) is 0.367. The van der Waals surface area contributed by atoms with Crippen LogP contribution in [0.4, 0.5) is 17.2 Å². The second-order valence-corrected chi connectivity index (χ2v) is 10.6. The van der Waals surface area contributed by atoms with Crippen molar-refractivity contribution in [1.82, 2.24) is 19.2 Å². The average Bonchev–Trinajstić information content (AvgIpc) is 3.46. The quantitative estimate of drug-likeness (QED) is 0.417. The lowest BCUT2D eigenvalue weighted by molar-refractivity contribution is -0.112. The molecule has 0 saturated carbocycles. The summed E-state index contributed by atoms with van der Waals surface area (Å²) in [6.45, 7) is 3.45. The summed E-state index contributed by atoms with van der Waals surface area (Å²) >= 11 is 0. The van der Waals surface area contributed by atoms with Crippen LogP contribution in [0.25, 0.3) is 11.1 Å². The van der Waals surface area contributed by atoms with Crippen LogP contribution in [0.1, 0.15) is 36.9 Å². The van der Waals surface area contributed by atoms with Gasteiger partial charge in [0, 0.05) is 72.4 Å². The molecule has 3 aromatic rings. The Balaban J connectivity index is 1.35. The standard InChI is InChI=1S/C30H34N6O4/c1-19-14-28(32-36(19)12-13-37)31-24-15-20(16-33(2)30(24)40)21-7-5-9-25(23(21)18-38)34-10-11-35-26-8-4-3-6-22(26)29(39)27(35)17-34/h5,7,9,14-17,37-38H,3-4,6,8,10-13,18H2,1-2H3,(H,31,32). The molecule has 0 bridgehead atoms. The zero-order valence-electron chi connectivity index (χ0n) is 22.9. The van der Waals surface area contributed by atoms with Crippen LogP contribution in [-0.4, -0.2) is 54.9 Å². The maximum Gasteiger partial charge on any atom is 0.274 e. The number of aryl methyl sites for hydroxylation is 2. The Hall–Kier alpha value is -4.15. The zero-order chi connectivity index (χ0) is 28.0. The number of hydrogen-bond donors (Lipinski definition) is 3. The van der Waals surface area contributed by atoms with Gasteiger partial charge in [-0.25, -0.2) is 0 Å². The van der Waals surface area contributed by atoms with Gasteiger partial charge in [0.2, 0.25) is 5.78 Å². The van der Waals surface area contributed by atoms with Crippen LogP contribution in [-0.2, 0) is 25.0 Å². The largest absolute Gasteiger partial charge is 0.394 e. The Labute approximate surface area is 232 Å². The van der Waals surface area contributed by atoms with Crippen molar-refractivity contribution in [3.05, 3.63) is 81.3 Å². The highest BCUT2D eigenvalue weighted by atomic mass is 16.3. The van der Waals surface area contributed by atoms with Crippen molar-refractivity contribution in [2.45, 2.75) is 45.8 Å². The number of ketones is 1. The Bertz CT molecular complexity index is 1610. The monoisotopic (exact) mass is 542 g/mol. The van der Waals surface area contributed by atoms with Crippen LogP contribution in [0, 0.1) is 6.92 Å². The first-order valence-corrected chi connectivity index (χ1v) is 13.8. The SMILES string of the molecule is Cc1cc(Nc2cc(-c3cccc(N4C=C5C(=O)C6=C(CCCC6)N5CC4)c3CO)cn(C)c2=O)nn1CCO. The number of Topliss-reactive ketones (excluding diaryl/α,β-unsaturated/α-hetero) is 1. The summed E-state index contributed by atoms with van der Waals surface area (Å²) in [5, 5.41) is 27.4. The third kappa shape index (κ3) is 4.43. The van der Waals surface area contributed by atoms with Gasteiger partial charge >= 0.3 is 0 Å². The highest BCUT2D eigenvalue weighted by Crippen LogP contribution is 2.41. The van der Waals surface area contributed by atoms with Crippen LogP contribution in [0.5, 0.6) is 0 Å². The third-order valence-corrected chi connectivity index (χ3v) is 8.07. The van der Waals surface area contributed by atoms with Gasteiger partial charge in [-0.1, -0.05) is 12.1 Å². The fourth-order valence-electron chi connectivity index (χ4n) is 6.11. The van der Waals surface area contributed by atoms with Gasteiger partial charge in [0.05, 0.1) is 19.8 Å². The molecule has 6 rings (SSSR count). The molecule has 10 heteroatoms. The zero-order valence-corrected chi connectivity index (χ0v) is 22.9. The number of carbonyl (C=O) groups is 1. The minimum atomic E-state index is -0.211. The van der Waals surface area contributed by atoms with E-state index in [0.29, 0.717) is 24.6 Å². The number of nitrogens with one attached hydrogen (secondary N) is 1. The minimum Gasteiger partial charge on any atom is -0.394 e. The summed E-state index contributed by atoms with van der Waals surface area (Å²) in [6.07, 6.45) is 7.69. The fourth-order valence-corrected chi connectivity index (χ4v) is 6.11. The van der Waals surface area contributed by atoms with Gasteiger partial charge in [-0.15, -0.1) is 0 Å². The number of hydrogen-bond acceptors (Lipinski definition) is 8. The molecule has 0 amide bonds. The van der Waals surface area contributed by atoms with Crippen molar-refractivity contribution >= 4 is 23.0 Å². The van der Waals surface area contributed by atoms with Gasteiger partial charge in [0.25, 0.3) is 5.56 Å². The van der Waals surface area contributed by atoms with Gasteiger partial charge in [-0.05, 0) is 50.3 Å². The van der Waals surface area contributed by atoms with E-state index in [4.69, 9.17) is 0 Å². The molecule has 4 heterocycles. The average molecular weight is 543 g/mol. The molecule has 0 saturated heterocycles. The highest BCUT2D eigenvalue weighted by molar-refractivity contribution is 6.11. The summed E-state index contributed by atoms with van der Waals surface area (Å²) < 4.78 is 3.19. The van der Waals surface area contributed by atoms with E-state index in [-0.39, 0.29) is 24.6 Å². The van der Waals surface area contributed by atoms with E-state index in [1.807, 2.05) is 37.4 Å². The van der Waals surface area contributed by atoms with E-state index in [1.54, 1.807) is 24.0 Å². The lowest BCUT2D eigenvalue weighted by Crippen LogP contribution is -2.37. The summed E-state index contributed by atoms with van der Waals surface area (Å²) in [6, 6.07) is 9.43. The number of aromatic nitrogens is 3. The summed E-state index contributed by atoms with van der Waals surface area (Å²) in [4.78, 5) is 30.5. The molecule has 2 aliphatic heterocycles. The maximum absolute atomic E-state index is 13.2. The van der Waals surface area contributed by atoms with E-state index in [0.717, 1.165) is 71.6 Å². The van der Waals surface area contributed by atoms with Crippen molar-refractivity contribution in [3.8, 4) is 11.1 Å². The molecule has 3 N–H and O–H groups in total. The van der Waals surface area contributed by atoms with Crippen molar-refractivity contribution in [2.75, 3.05) is 29.9 Å². The Kier molecular flexibility index (Phi) is 6.81. The summed E-state index contributed by atoms with van der Waals surface area (Å²) in [7, 11) is 1.69. The number of pyridine rings is 1. The molecule has 10 nitrogen and oxygen atoms in total. The highest BCUT2D eigenvalue weighted by Gasteiger charge is 2.38. The van der Waals surface area contributed by atoms with Gasteiger partial charge in [0.15, 0.2) is 5.82 Å². The third-order valence-electron chi connectivity index (χ3n) is 8.07. The van der Waals surface area contributed by atoms with Gasteiger partial charge in [-0.2, -0.15) is 5.10 Å². The van der Waals surface area contributed by atoms with E-state index >= 15 is 0 Å². The topological polar surface area (TPSA) is 116 Å². The Morgan fingerprint density at radius 2 is 1.90 bits per heavy atom. The second-order valence-electron chi connectivity index (χ2n) is 10.6. The molecular formula is C30H34N6O4. The van der Waals surface area contributed by atoms with Crippen molar-refractivity contribution in [1.29, 1.82) is 0 Å². The molecule has 1 aromatic carbocycles. The van der Waals surface area contributed by atoms with E-state index in [2.05, 4.69) is 20.2 Å². The number of aliphatic hydroxyl groups excluding tert-OH is 2. The molecule has 1 aliphatic carbocycles. The normalized spacial score (nSPS) is 16.8. The number of aliphatic hydroxyl groups is 2. The smallest absolute Gasteiger partial charge is 0.274 e. The molecule has 0 atom stereocenters. The Morgan fingerprint density at radius 3 is 2.70 bits per heavy atom. The first-order valence-electron chi connectivity index (χ1n) is 13.8. The maximum atomic E-state index is 13.2. The molecule has 0 spiro atoms. The minimum absolute atomic E-state index is 0.0295. The molecule has 0 fully saturated rings. The van der Waals surface area contributed by atoms with Crippen LogP contribution < -0.4 is 15.8 Å². The number of nitrogens with zero attached hydrogens (tertiary/aromatic N) is 5. The molecule has 0 radical (unpaired) electrons. The van der Waals surface area contributed by atoms with Crippen molar-refractivity contribution in [2.24, 2.45) is 7.05 Å². The Morgan fingerprint density at radius 1 is 1.07 bits per heavy atom. The molecule has 40 heavy (non-hydrogen) atoms. The van der Waals surface area contributed by atoms with Gasteiger partial charge < -0.3 is 29.9 Å². The van der Waals surface area contributed by atoms with Crippen molar-refractivity contribution < 1.29 is 15.0 Å². The summed E-state index contributed by atoms with van der Waals surface area (Å²) in [5.41, 5.74) is 7.03. The van der Waals surface area contributed by atoms with Gasteiger partial charge in [-0.3, -0.25) is 14.3 Å². The lowest BCUT2D eigenvalue weighted by Gasteiger charge is -2.35. The number of carbonyl (C=O) groups excluding carboxylic acids is 1. The molecule has 0 unspecified atom stereocenters. The van der Waals surface area contributed by atoms with Crippen molar-refractivity contribution in [3.63, 3.8) is 0 Å². The van der Waals surface area contributed by atoms with Crippen LogP contribution in [0.15, 0.2) is 64.5 Å². The molecular weight excluding hydrogens is 508 g/mol. The van der Waals surface area contributed by atoms with E-state index in [1.165, 1.54) is 10.3 Å². The number of benzene rings is 1. The number of allylic oxidation sites excluding steroid dienone is 2. The predicted octanol–water partition coefficient (Wildman–Crippen LogP) is 3.16. The molecule has 208 valence electrons. The first-order chi connectivity index (χ1) is 19.4.